The van der Waals surface area contributed by atoms with Crippen LogP contribution >= 0.6 is 23.4 Å². The number of aliphatic hydroxyl groups is 2. The van der Waals surface area contributed by atoms with Crippen molar-refractivity contribution in [3.8, 4) is 0 Å². The van der Waals surface area contributed by atoms with Crippen molar-refractivity contribution in [3.05, 3.63) is 58.4 Å². The van der Waals surface area contributed by atoms with Crippen molar-refractivity contribution in [2.24, 2.45) is 11.8 Å². The van der Waals surface area contributed by atoms with Gasteiger partial charge in [0.2, 0.25) is 0 Å². The van der Waals surface area contributed by atoms with Gasteiger partial charge in [-0.15, -0.1) is 11.8 Å². The van der Waals surface area contributed by atoms with Crippen LogP contribution in [0.25, 0.3) is 0 Å². The van der Waals surface area contributed by atoms with Gasteiger partial charge >= 0.3 is 0 Å². The SMILES string of the molecule is O=C(Nc1cc(F)c(F)c(F)c1)c1ccc(Cl)c(S[C@@H]2C3CC[C@H]2C[C@](O)(CO)C3)c1. The van der Waals surface area contributed by atoms with E-state index in [9.17, 15) is 28.2 Å². The van der Waals surface area contributed by atoms with Gasteiger partial charge in [-0.05, 0) is 55.7 Å². The molecule has 3 N–H and O–H groups in total. The fourth-order valence-corrected chi connectivity index (χ4v) is 6.44. The third-order valence-corrected chi connectivity index (χ3v) is 8.19. The van der Waals surface area contributed by atoms with Crippen LogP contribution in [0, 0.1) is 29.3 Å². The molecule has 1 unspecified atom stereocenters. The number of carbonyl (C=O) groups excluding carboxylic acids is 1. The number of fused-ring (bicyclic) bond motifs is 2. The summed E-state index contributed by atoms with van der Waals surface area (Å²) in [6, 6.07) is 6.12. The lowest BCUT2D eigenvalue weighted by molar-refractivity contribution is -0.0590. The van der Waals surface area contributed by atoms with Gasteiger partial charge in [0.15, 0.2) is 17.5 Å². The lowest BCUT2D eigenvalue weighted by atomic mass is 9.77. The van der Waals surface area contributed by atoms with Crippen molar-refractivity contribution in [1.29, 1.82) is 0 Å². The molecule has 0 saturated heterocycles. The van der Waals surface area contributed by atoms with Crippen molar-refractivity contribution in [1.82, 2.24) is 0 Å². The number of amides is 1. The van der Waals surface area contributed by atoms with Gasteiger partial charge < -0.3 is 15.5 Å². The van der Waals surface area contributed by atoms with Crippen molar-refractivity contribution in [2.45, 2.75) is 41.4 Å². The first-order valence-corrected chi connectivity index (χ1v) is 11.2. The molecule has 2 aliphatic rings. The van der Waals surface area contributed by atoms with Crippen molar-refractivity contribution in [3.63, 3.8) is 0 Å². The summed E-state index contributed by atoms with van der Waals surface area (Å²) in [7, 11) is 0. The molecular formula is C22H21ClF3NO3S. The molecule has 31 heavy (non-hydrogen) atoms. The van der Waals surface area contributed by atoms with Crippen molar-refractivity contribution in [2.75, 3.05) is 11.9 Å². The van der Waals surface area contributed by atoms with Gasteiger partial charge in [0, 0.05) is 33.5 Å². The minimum absolute atomic E-state index is 0.195. The van der Waals surface area contributed by atoms with Gasteiger partial charge in [-0.25, -0.2) is 13.2 Å². The Morgan fingerprint density at radius 2 is 1.74 bits per heavy atom. The molecule has 0 radical (unpaired) electrons. The van der Waals surface area contributed by atoms with E-state index in [4.69, 9.17) is 11.6 Å². The van der Waals surface area contributed by atoms with Gasteiger partial charge in [0.05, 0.1) is 17.2 Å². The Labute approximate surface area is 186 Å². The van der Waals surface area contributed by atoms with Crippen LogP contribution < -0.4 is 5.32 Å². The van der Waals surface area contributed by atoms with Crippen LogP contribution in [-0.2, 0) is 0 Å². The van der Waals surface area contributed by atoms with Crippen LogP contribution in [-0.4, -0.2) is 33.6 Å². The maximum Gasteiger partial charge on any atom is 0.255 e. The van der Waals surface area contributed by atoms with E-state index in [1.807, 2.05) is 0 Å². The lowest BCUT2D eigenvalue weighted by Crippen LogP contribution is -2.44. The number of thioether (sulfide) groups is 1. The predicted molar refractivity (Wildman–Crippen MR) is 113 cm³/mol. The maximum atomic E-state index is 13.4. The minimum Gasteiger partial charge on any atom is -0.393 e. The molecule has 4 atom stereocenters. The van der Waals surface area contributed by atoms with E-state index in [0.717, 1.165) is 12.8 Å². The highest BCUT2D eigenvalue weighted by atomic mass is 35.5. The van der Waals surface area contributed by atoms with Crippen LogP contribution in [0.15, 0.2) is 35.2 Å². The Morgan fingerprint density at radius 3 is 2.32 bits per heavy atom. The third-order valence-electron chi connectivity index (χ3n) is 6.11. The number of hydrogen-bond acceptors (Lipinski definition) is 4. The summed E-state index contributed by atoms with van der Waals surface area (Å²) in [6.07, 6.45) is 2.97. The molecule has 2 aromatic carbocycles. The molecule has 2 aromatic rings. The zero-order chi connectivity index (χ0) is 22.3. The van der Waals surface area contributed by atoms with E-state index in [-0.39, 0.29) is 34.9 Å². The van der Waals surface area contributed by atoms with Crippen LogP contribution in [0.2, 0.25) is 5.02 Å². The third kappa shape index (κ3) is 4.58. The molecular weight excluding hydrogens is 451 g/mol. The quantitative estimate of drug-likeness (QED) is 0.536. The van der Waals surface area contributed by atoms with Gasteiger partial charge in [-0.2, -0.15) is 0 Å². The number of halogens is 4. The number of anilines is 1. The second kappa shape index (κ2) is 8.65. The topological polar surface area (TPSA) is 69.6 Å². The first-order chi connectivity index (χ1) is 14.7. The standard InChI is InChI=1S/C22H21ClF3NO3S/c23-15-4-3-11(21(29)27-14-6-16(24)19(26)17(25)7-14)5-18(15)31-20-12-1-2-13(20)9-22(30,8-12)10-28/h3-7,12-13,20,28,30H,1-2,8-10H2,(H,27,29)/t12-,13?,20-,22+/m0/s1. The summed E-state index contributed by atoms with van der Waals surface area (Å²) < 4.78 is 39.9. The Kier molecular flexibility index (Phi) is 6.27. The first-order valence-electron chi connectivity index (χ1n) is 9.94. The van der Waals surface area contributed by atoms with Gasteiger partial charge in [-0.1, -0.05) is 11.6 Å². The first kappa shape index (κ1) is 22.5. The molecule has 166 valence electrons. The lowest BCUT2D eigenvalue weighted by Gasteiger charge is -2.40. The summed E-state index contributed by atoms with van der Waals surface area (Å²) in [6.45, 7) is -0.252. The fraction of sp³-hybridized carbons (Fsp3) is 0.409. The highest BCUT2D eigenvalue weighted by Gasteiger charge is 2.49. The summed E-state index contributed by atoms with van der Waals surface area (Å²) in [5.74, 6) is -4.51. The predicted octanol–water partition coefficient (Wildman–Crippen LogP) is 5.01. The van der Waals surface area contributed by atoms with Crippen LogP contribution in [0.5, 0.6) is 0 Å². The smallest absolute Gasteiger partial charge is 0.255 e. The Bertz CT molecular complexity index is 984. The monoisotopic (exact) mass is 471 g/mol. The average molecular weight is 472 g/mol. The normalized spacial score (nSPS) is 27.4. The van der Waals surface area contributed by atoms with Crippen LogP contribution in [0.3, 0.4) is 0 Å². The molecule has 2 fully saturated rings. The zero-order valence-corrected chi connectivity index (χ0v) is 17.9. The Hall–Kier alpha value is -1.74. The van der Waals surface area contributed by atoms with E-state index in [2.05, 4.69) is 5.32 Å². The number of nitrogens with one attached hydrogen (secondary N) is 1. The molecule has 9 heteroatoms. The van der Waals surface area contributed by atoms with E-state index in [0.29, 0.717) is 34.9 Å². The second-order valence-corrected chi connectivity index (χ2v) is 9.95. The maximum absolute atomic E-state index is 13.4. The minimum atomic E-state index is -1.60. The zero-order valence-electron chi connectivity index (χ0n) is 16.4. The number of benzene rings is 2. The number of carbonyl (C=O) groups is 1. The molecule has 0 aromatic heterocycles. The molecule has 2 aliphatic carbocycles. The summed E-state index contributed by atoms with van der Waals surface area (Å²) in [5.41, 5.74) is -0.986. The molecule has 4 nitrogen and oxygen atoms in total. The van der Waals surface area contributed by atoms with Gasteiger partial charge in [0.1, 0.15) is 0 Å². The van der Waals surface area contributed by atoms with Crippen molar-refractivity contribution < 1.29 is 28.2 Å². The Morgan fingerprint density at radius 1 is 1.13 bits per heavy atom. The molecule has 2 bridgehead atoms. The molecule has 1 amide bonds. The number of aliphatic hydroxyl groups excluding tert-OH is 1. The molecule has 4 rings (SSSR count). The van der Waals surface area contributed by atoms with E-state index < -0.39 is 29.0 Å². The Balaban J connectivity index is 1.51. The van der Waals surface area contributed by atoms with Crippen molar-refractivity contribution >= 4 is 35.0 Å². The largest absolute Gasteiger partial charge is 0.393 e. The highest BCUT2D eigenvalue weighted by molar-refractivity contribution is 8.00. The van der Waals surface area contributed by atoms with Crippen LogP contribution in [0.1, 0.15) is 36.0 Å². The van der Waals surface area contributed by atoms with E-state index in [1.165, 1.54) is 6.07 Å². The highest BCUT2D eigenvalue weighted by Crippen LogP contribution is 2.53. The molecule has 0 heterocycles. The van der Waals surface area contributed by atoms with Gasteiger partial charge in [0.25, 0.3) is 5.91 Å². The fourth-order valence-electron chi connectivity index (χ4n) is 4.67. The molecule has 0 spiro atoms. The van der Waals surface area contributed by atoms with Crippen LogP contribution in [0.4, 0.5) is 18.9 Å². The summed E-state index contributed by atoms with van der Waals surface area (Å²) >= 11 is 7.91. The molecule has 0 aliphatic heterocycles. The summed E-state index contributed by atoms with van der Waals surface area (Å²) in [4.78, 5) is 13.3. The number of rotatable bonds is 5. The van der Waals surface area contributed by atoms with E-state index in [1.54, 1.807) is 23.9 Å². The molecule has 2 saturated carbocycles. The van der Waals surface area contributed by atoms with E-state index >= 15 is 0 Å². The van der Waals surface area contributed by atoms with Gasteiger partial charge in [-0.3, -0.25) is 4.79 Å². The summed E-state index contributed by atoms with van der Waals surface area (Å²) in [5, 5.41) is 23.1. The average Bonchev–Trinajstić information content (AvgIpc) is 2.97. The second-order valence-electron chi connectivity index (χ2n) is 8.32. The number of hydrogen-bond donors (Lipinski definition) is 3.